The van der Waals surface area contributed by atoms with Crippen molar-refractivity contribution in [2.45, 2.75) is 19.8 Å². The molecule has 0 aliphatic carbocycles. The molecule has 0 atom stereocenters. The van der Waals surface area contributed by atoms with Gasteiger partial charge in [0.25, 0.3) is 0 Å². The molecule has 92 valence electrons. The highest BCUT2D eigenvalue weighted by Gasteiger charge is 2.07. The third-order valence-electron chi connectivity index (χ3n) is 2.60. The van der Waals surface area contributed by atoms with Gasteiger partial charge in [-0.3, -0.25) is 4.79 Å². The Morgan fingerprint density at radius 1 is 1.35 bits per heavy atom. The molecule has 0 aromatic heterocycles. The number of nitrogens with zero attached hydrogens (tertiary/aromatic N) is 1. The Bertz CT molecular complexity index is 370. The van der Waals surface area contributed by atoms with Gasteiger partial charge in [0.05, 0.1) is 6.42 Å². The van der Waals surface area contributed by atoms with Crippen LogP contribution in [0.2, 0.25) is 0 Å². The van der Waals surface area contributed by atoms with Gasteiger partial charge >= 0.3 is 5.97 Å². The number of anilines is 1. The van der Waals surface area contributed by atoms with Gasteiger partial charge in [-0.2, -0.15) is 0 Å². The summed E-state index contributed by atoms with van der Waals surface area (Å²) in [4.78, 5) is 12.7. The van der Waals surface area contributed by atoms with Crippen LogP contribution in [0.25, 0.3) is 0 Å². The second-order valence-electron chi connectivity index (χ2n) is 4.04. The van der Waals surface area contributed by atoms with E-state index in [0.29, 0.717) is 6.54 Å². The molecule has 1 aromatic carbocycles. The topological polar surface area (TPSA) is 40.5 Å². The van der Waals surface area contributed by atoms with Crippen LogP contribution < -0.4 is 4.90 Å². The minimum Gasteiger partial charge on any atom is -0.481 e. The van der Waals surface area contributed by atoms with Crippen molar-refractivity contribution in [3.63, 3.8) is 0 Å². The molecule has 0 amide bonds. The van der Waals surface area contributed by atoms with Crippen LogP contribution in [0.1, 0.15) is 18.4 Å². The van der Waals surface area contributed by atoms with Crippen LogP contribution in [-0.4, -0.2) is 24.2 Å². The van der Waals surface area contributed by atoms with Crippen LogP contribution >= 0.6 is 0 Å². The Kier molecular flexibility index (Phi) is 5.27. The Labute approximate surface area is 102 Å². The number of carbonyl (C=O) groups is 1. The summed E-state index contributed by atoms with van der Waals surface area (Å²) in [6, 6.07) is 8.13. The Hall–Kier alpha value is -1.77. The number of benzene rings is 1. The first-order chi connectivity index (χ1) is 8.13. The van der Waals surface area contributed by atoms with Crippen LogP contribution in [-0.2, 0) is 4.79 Å². The molecule has 3 nitrogen and oxygen atoms in total. The van der Waals surface area contributed by atoms with Crippen molar-refractivity contribution < 1.29 is 9.90 Å². The molecule has 0 saturated carbocycles. The number of carboxylic acids is 1. The second-order valence-corrected chi connectivity index (χ2v) is 4.04. The van der Waals surface area contributed by atoms with E-state index in [1.165, 1.54) is 5.56 Å². The van der Waals surface area contributed by atoms with Crippen molar-refractivity contribution in [1.29, 1.82) is 0 Å². The molecular weight excluding hydrogens is 214 g/mol. The molecule has 1 aromatic rings. The van der Waals surface area contributed by atoms with Crippen LogP contribution in [0.15, 0.2) is 36.9 Å². The average Bonchev–Trinajstić information content (AvgIpc) is 2.30. The second kappa shape index (κ2) is 6.74. The monoisotopic (exact) mass is 233 g/mol. The van der Waals surface area contributed by atoms with E-state index in [1.54, 1.807) is 0 Å². The molecule has 0 unspecified atom stereocenters. The average molecular weight is 233 g/mol. The van der Waals surface area contributed by atoms with Crippen molar-refractivity contribution in [3.05, 3.63) is 42.5 Å². The zero-order chi connectivity index (χ0) is 12.7. The molecule has 0 bridgehead atoms. The van der Waals surface area contributed by atoms with E-state index < -0.39 is 5.97 Å². The zero-order valence-corrected chi connectivity index (χ0v) is 10.2. The molecule has 3 heteroatoms. The van der Waals surface area contributed by atoms with Crippen molar-refractivity contribution in [1.82, 2.24) is 0 Å². The maximum absolute atomic E-state index is 10.6. The first-order valence-corrected chi connectivity index (χ1v) is 5.78. The first kappa shape index (κ1) is 13.3. The van der Waals surface area contributed by atoms with Crippen LogP contribution in [0, 0.1) is 6.92 Å². The van der Waals surface area contributed by atoms with Crippen molar-refractivity contribution >= 4 is 11.7 Å². The van der Waals surface area contributed by atoms with Gasteiger partial charge in [0, 0.05) is 18.8 Å². The summed E-state index contributed by atoms with van der Waals surface area (Å²) in [6.07, 6.45) is 2.86. The lowest BCUT2D eigenvalue weighted by Gasteiger charge is -2.23. The summed E-state index contributed by atoms with van der Waals surface area (Å²) in [5.74, 6) is -0.763. The number of rotatable bonds is 7. The van der Waals surface area contributed by atoms with E-state index in [1.807, 2.05) is 37.3 Å². The maximum Gasteiger partial charge on any atom is 0.305 e. The Morgan fingerprint density at radius 2 is 2.00 bits per heavy atom. The summed E-state index contributed by atoms with van der Waals surface area (Å²) >= 11 is 0. The van der Waals surface area contributed by atoms with Gasteiger partial charge in [-0.15, -0.1) is 6.58 Å². The standard InChI is InChI=1S/C14H19NO2/c1-3-4-10-15(11-9-14(16)17)13-7-5-12(2)6-8-13/h3,5-8H,1,4,9-11H2,2H3,(H,16,17). The number of hydrogen-bond acceptors (Lipinski definition) is 2. The zero-order valence-electron chi connectivity index (χ0n) is 10.2. The van der Waals surface area contributed by atoms with Gasteiger partial charge in [-0.1, -0.05) is 23.8 Å². The van der Waals surface area contributed by atoms with Gasteiger partial charge in [0.1, 0.15) is 0 Å². The fourth-order valence-corrected chi connectivity index (χ4v) is 1.60. The van der Waals surface area contributed by atoms with Crippen molar-refractivity contribution in [3.8, 4) is 0 Å². The number of aryl methyl sites for hydroxylation is 1. The molecule has 0 aliphatic heterocycles. The molecule has 17 heavy (non-hydrogen) atoms. The van der Waals surface area contributed by atoms with Gasteiger partial charge in [0.2, 0.25) is 0 Å². The number of aliphatic carboxylic acids is 1. The lowest BCUT2D eigenvalue weighted by Crippen LogP contribution is -2.27. The van der Waals surface area contributed by atoms with Crippen molar-refractivity contribution in [2.24, 2.45) is 0 Å². The minimum atomic E-state index is -0.763. The van der Waals surface area contributed by atoms with Crippen LogP contribution in [0.3, 0.4) is 0 Å². The van der Waals surface area contributed by atoms with E-state index >= 15 is 0 Å². The normalized spacial score (nSPS) is 9.94. The van der Waals surface area contributed by atoms with Gasteiger partial charge < -0.3 is 10.0 Å². The fraction of sp³-hybridized carbons (Fsp3) is 0.357. The summed E-state index contributed by atoms with van der Waals surface area (Å²) in [7, 11) is 0. The van der Waals surface area contributed by atoms with Crippen LogP contribution in [0.5, 0.6) is 0 Å². The molecule has 0 saturated heterocycles. The SMILES string of the molecule is C=CCCN(CCC(=O)O)c1ccc(C)cc1. The van der Waals surface area contributed by atoms with Gasteiger partial charge in [-0.05, 0) is 25.5 Å². The quantitative estimate of drug-likeness (QED) is 0.736. The predicted octanol–water partition coefficient (Wildman–Crippen LogP) is 2.85. The highest BCUT2D eigenvalue weighted by atomic mass is 16.4. The van der Waals surface area contributed by atoms with E-state index in [0.717, 1.165) is 18.7 Å². The van der Waals surface area contributed by atoms with E-state index in [2.05, 4.69) is 11.5 Å². The number of carboxylic acid groups (broad SMARTS) is 1. The lowest BCUT2D eigenvalue weighted by atomic mass is 10.2. The third kappa shape index (κ3) is 4.72. The molecule has 0 fully saturated rings. The highest BCUT2D eigenvalue weighted by molar-refractivity contribution is 5.67. The maximum atomic E-state index is 10.6. The molecular formula is C14H19NO2. The largest absolute Gasteiger partial charge is 0.481 e. The van der Waals surface area contributed by atoms with Crippen LogP contribution in [0.4, 0.5) is 5.69 Å². The highest BCUT2D eigenvalue weighted by Crippen LogP contribution is 2.15. The summed E-state index contributed by atoms with van der Waals surface area (Å²) < 4.78 is 0. The number of hydrogen-bond donors (Lipinski definition) is 1. The fourth-order valence-electron chi connectivity index (χ4n) is 1.60. The molecule has 1 rings (SSSR count). The summed E-state index contributed by atoms with van der Waals surface area (Å²) in [6.45, 7) is 7.07. The molecule has 0 heterocycles. The Balaban J connectivity index is 2.70. The molecule has 0 radical (unpaired) electrons. The van der Waals surface area contributed by atoms with E-state index in [9.17, 15) is 4.79 Å². The molecule has 1 N–H and O–H groups in total. The van der Waals surface area contributed by atoms with Gasteiger partial charge in [-0.25, -0.2) is 0 Å². The lowest BCUT2D eigenvalue weighted by molar-refractivity contribution is -0.136. The third-order valence-corrected chi connectivity index (χ3v) is 2.60. The molecule has 0 spiro atoms. The van der Waals surface area contributed by atoms with E-state index in [4.69, 9.17) is 5.11 Å². The summed E-state index contributed by atoms with van der Waals surface area (Å²) in [5.41, 5.74) is 2.27. The predicted molar refractivity (Wildman–Crippen MR) is 70.5 cm³/mol. The van der Waals surface area contributed by atoms with E-state index in [-0.39, 0.29) is 6.42 Å². The first-order valence-electron chi connectivity index (χ1n) is 5.78. The van der Waals surface area contributed by atoms with Gasteiger partial charge in [0.15, 0.2) is 0 Å². The molecule has 0 aliphatic rings. The minimum absolute atomic E-state index is 0.158. The smallest absolute Gasteiger partial charge is 0.305 e. The van der Waals surface area contributed by atoms with Crippen molar-refractivity contribution in [2.75, 3.05) is 18.0 Å². The summed E-state index contributed by atoms with van der Waals surface area (Å²) in [5, 5.41) is 8.73. The Morgan fingerprint density at radius 3 is 2.53 bits per heavy atom.